The zero-order valence-electron chi connectivity index (χ0n) is 19.3. The first kappa shape index (κ1) is 27.1. The van der Waals surface area contributed by atoms with Gasteiger partial charge >= 0.3 is 12.3 Å². The Hall–Kier alpha value is -2.91. The number of aromatic amines is 1. The number of halogens is 4. The minimum atomic E-state index is -4.66. The monoisotopic (exact) mass is 564 g/mol. The third-order valence-electron chi connectivity index (χ3n) is 6.24. The SMILES string of the molecule is O=C(N[C@H]1CC[C@H](NS(=O)(=O)c2ccc(C(F)(F)F)nc2)CC1)O[C@@H]1CCN(c2cn[nH]c(=O)c2Cl)C1. The van der Waals surface area contributed by atoms with Crippen LogP contribution in [-0.2, 0) is 20.9 Å². The summed E-state index contributed by atoms with van der Waals surface area (Å²) in [7, 11) is -4.04. The van der Waals surface area contributed by atoms with E-state index in [4.69, 9.17) is 16.3 Å². The second-order valence-electron chi connectivity index (χ2n) is 8.85. The topological polar surface area (TPSA) is 146 Å². The lowest BCUT2D eigenvalue weighted by Gasteiger charge is -2.29. The molecule has 4 rings (SSSR count). The van der Waals surface area contributed by atoms with Crippen molar-refractivity contribution < 1.29 is 31.1 Å². The van der Waals surface area contributed by atoms with Crippen molar-refractivity contribution >= 4 is 33.4 Å². The molecule has 0 aromatic carbocycles. The molecule has 3 heterocycles. The molecule has 0 unspecified atom stereocenters. The highest BCUT2D eigenvalue weighted by atomic mass is 35.5. The van der Waals surface area contributed by atoms with Crippen LogP contribution < -0.4 is 20.5 Å². The molecule has 3 N–H and O–H groups in total. The van der Waals surface area contributed by atoms with Crippen LogP contribution in [0.3, 0.4) is 0 Å². The Morgan fingerprint density at radius 1 is 1.14 bits per heavy atom. The molecule has 1 amide bonds. The molecule has 1 aliphatic carbocycles. The number of sulfonamides is 1. The van der Waals surface area contributed by atoms with E-state index in [0.29, 0.717) is 63.1 Å². The number of pyridine rings is 1. The van der Waals surface area contributed by atoms with Crippen molar-refractivity contribution in [1.82, 2.24) is 25.2 Å². The number of alkyl carbamates (subject to hydrolysis) is 1. The van der Waals surface area contributed by atoms with Gasteiger partial charge in [0, 0.05) is 31.2 Å². The lowest BCUT2D eigenvalue weighted by molar-refractivity contribution is -0.141. The summed E-state index contributed by atoms with van der Waals surface area (Å²) < 4.78 is 71.0. The summed E-state index contributed by atoms with van der Waals surface area (Å²) in [5, 5.41) is 8.79. The van der Waals surface area contributed by atoms with Gasteiger partial charge in [0.15, 0.2) is 0 Å². The van der Waals surface area contributed by atoms with Crippen LogP contribution in [0.5, 0.6) is 0 Å². The maximum atomic E-state index is 12.7. The molecular weight excluding hydrogens is 541 g/mol. The van der Waals surface area contributed by atoms with E-state index in [-0.39, 0.29) is 16.0 Å². The van der Waals surface area contributed by atoms with Crippen molar-refractivity contribution in [1.29, 1.82) is 0 Å². The lowest BCUT2D eigenvalue weighted by atomic mass is 9.92. The van der Waals surface area contributed by atoms with Gasteiger partial charge < -0.3 is 15.0 Å². The highest BCUT2D eigenvalue weighted by Gasteiger charge is 2.33. The number of hydrogen-bond acceptors (Lipinski definition) is 8. The number of aromatic nitrogens is 3. The zero-order chi connectivity index (χ0) is 26.8. The fourth-order valence-corrected chi connectivity index (χ4v) is 5.80. The number of rotatable bonds is 6. The van der Waals surface area contributed by atoms with Crippen molar-refractivity contribution in [2.24, 2.45) is 0 Å². The van der Waals surface area contributed by atoms with E-state index in [1.807, 2.05) is 4.90 Å². The van der Waals surface area contributed by atoms with E-state index < -0.39 is 45.7 Å². The molecule has 1 saturated carbocycles. The molecule has 0 bridgehead atoms. The standard InChI is InChI=1S/C21H24ClF3N6O5S/c22-18-16(10-27-29-19(18)32)31-8-7-14(11-31)36-20(33)28-12-1-3-13(4-2-12)30-37(34,35)15-5-6-17(26-9-15)21(23,24)25/h5-6,9-10,12-14,30H,1-4,7-8,11H2,(H,28,33)(H,29,32)/t12-,13-,14-/m1/s1. The first-order valence-electron chi connectivity index (χ1n) is 11.4. The number of hydrogen-bond donors (Lipinski definition) is 3. The van der Waals surface area contributed by atoms with Crippen LogP contribution in [0.15, 0.2) is 34.2 Å². The third-order valence-corrected chi connectivity index (χ3v) is 8.12. The molecule has 16 heteroatoms. The Bertz CT molecular complexity index is 1280. The minimum Gasteiger partial charge on any atom is -0.444 e. The van der Waals surface area contributed by atoms with E-state index in [9.17, 15) is 31.2 Å². The number of ether oxygens (including phenoxy) is 1. The van der Waals surface area contributed by atoms with Crippen LogP contribution in [0.1, 0.15) is 37.8 Å². The van der Waals surface area contributed by atoms with Gasteiger partial charge in [-0.2, -0.15) is 18.3 Å². The van der Waals surface area contributed by atoms with E-state index in [0.717, 1.165) is 6.07 Å². The molecule has 11 nitrogen and oxygen atoms in total. The normalized spacial score (nSPS) is 22.6. The number of carbonyl (C=O) groups excluding carboxylic acids is 1. The predicted octanol–water partition coefficient (Wildman–Crippen LogP) is 2.43. The highest BCUT2D eigenvalue weighted by Crippen LogP contribution is 2.28. The van der Waals surface area contributed by atoms with Gasteiger partial charge in [-0.3, -0.25) is 9.78 Å². The second kappa shape index (κ2) is 10.8. The maximum Gasteiger partial charge on any atom is 0.433 e. The number of anilines is 1. The number of alkyl halides is 3. The Labute approximate surface area is 214 Å². The van der Waals surface area contributed by atoms with Crippen LogP contribution in [0.25, 0.3) is 0 Å². The molecule has 37 heavy (non-hydrogen) atoms. The van der Waals surface area contributed by atoms with Gasteiger partial charge in [-0.25, -0.2) is 23.0 Å². The van der Waals surface area contributed by atoms with Crippen molar-refractivity contribution in [3.63, 3.8) is 0 Å². The number of nitrogens with one attached hydrogen (secondary N) is 3. The van der Waals surface area contributed by atoms with Crippen LogP contribution in [-0.4, -0.2) is 61.0 Å². The molecule has 0 radical (unpaired) electrons. The summed E-state index contributed by atoms with van der Waals surface area (Å²) >= 11 is 6.03. The molecule has 2 aliphatic rings. The number of nitrogens with zero attached hydrogens (tertiary/aromatic N) is 3. The smallest absolute Gasteiger partial charge is 0.433 e. The van der Waals surface area contributed by atoms with Crippen molar-refractivity contribution in [3.8, 4) is 0 Å². The predicted molar refractivity (Wildman–Crippen MR) is 126 cm³/mol. The average Bonchev–Trinajstić information content (AvgIpc) is 3.29. The lowest BCUT2D eigenvalue weighted by Crippen LogP contribution is -2.44. The van der Waals surface area contributed by atoms with Crippen LogP contribution in [0.2, 0.25) is 5.02 Å². The van der Waals surface area contributed by atoms with E-state index in [2.05, 4.69) is 25.2 Å². The fraction of sp³-hybridized carbons (Fsp3) is 0.524. The van der Waals surface area contributed by atoms with Gasteiger partial charge in [-0.15, -0.1) is 0 Å². The number of H-pyrrole nitrogens is 1. The Balaban J connectivity index is 1.22. The molecule has 1 saturated heterocycles. The summed E-state index contributed by atoms with van der Waals surface area (Å²) in [4.78, 5) is 28.7. The van der Waals surface area contributed by atoms with Crippen LogP contribution >= 0.6 is 11.6 Å². The molecule has 0 spiro atoms. The Kier molecular flexibility index (Phi) is 7.94. The van der Waals surface area contributed by atoms with Gasteiger partial charge in [0.1, 0.15) is 21.7 Å². The minimum absolute atomic E-state index is 0.0158. The van der Waals surface area contributed by atoms with Gasteiger partial charge in [0.25, 0.3) is 5.56 Å². The van der Waals surface area contributed by atoms with Gasteiger partial charge in [0.05, 0.1) is 18.4 Å². The zero-order valence-corrected chi connectivity index (χ0v) is 20.9. The molecule has 2 fully saturated rings. The summed E-state index contributed by atoms with van der Waals surface area (Å²) in [6, 6.07) is 0.837. The van der Waals surface area contributed by atoms with Gasteiger partial charge in [-0.05, 0) is 37.8 Å². The van der Waals surface area contributed by atoms with E-state index >= 15 is 0 Å². The first-order valence-corrected chi connectivity index (χ1v) is 13.3. The molecular formula is C21H24ClF3N6O5S. The van der Waals surface area contributed by atoms with Crippen molar-refractivity contribution in [2.45, 2.75) is 61.4 Å². The fourth-order valence-electron chi connectivity index (χ4n) is 4.34. The molecule has 2 aromatic heterocycles. The number of carbonyl (C=O) groups is 1. The quantitative estimate of drug-likeness (QED) is 0.485. The van der Waals surface area contributed by atoms with Gasteiger partial charge in [0.2, 0.25) is 10.0 Å². The average molecular weight is 565 g/mol. The Morgan fingerprint density at radius 2 is 1.84 bits per heavy atom. The van der Waals surface area contributed by atoms with Crippen molar-refractivity contribution in [2.75, 3.05) is 18.0 Å². The highest BCUT2D eigenvalue weighted by molar-refractivity contribution is 7.89. The summed E-state index contributed by atoms with van der Waals surface area (Å²) in [5.74, 6) is 0. The molecule has 1 aliphatic heterocycles. The Morgan fingerprint density at radius 3 is 2.49 bits per heavy atom. The summed E-state index contributed by atoms with van der Waals surface area (Å²) in [6.07, 6.45) is -1.19. The van der Waals surface area contributed by atoms with Gasteiger partial charge in [-0.1, -0.05) is 11.6 Å². The molecule has 2 aromatic rings. The van der Waals surface area contributed by atoms with E-state index in [1.165, 1.54) is 6.20 Å². The maximum absolute atomic E-state index is 12.7. The summed E-state index contributed by atoms with van der Waals surface area (Å²) in [5.41, 5.74) is -1.22. The third kappa shape index (κ3) is 6.70. The van der Waals surface area contributed by atoms with Crippen LogP contribution in [0.4, 0.5) is 23.7 Å². The summed E-state index contributed by atoms with van der Waals surface area (Å²) in [6.45, 7) is 0.883. The molecule has 202 valence electrons. The van der Waals surface area contributed by atoms with E-state index in [1.54, 1.807) is 0 Å². The molecule has 1 atom stereocenters. The number of amides is 1. The largest absolute Gasteiger partial charge is 0.444 e. The van der Waals surface area contributed by atoms with Crippen molar-refractivity contribution in [3.05, 3.63) is 45.6 Å². The second-order valence-corrected chi connectivity index (χ2v) is 10.9. The first-order chi connectivity index (χ1) is 17.4. The van der Waals surface area contributed by atoms with Crippen LogP contribution in [0, 0.1) is 0 Å².